The fourth-order valence-corrected chi connectivity index (χ4v) is 1.30. The van der Waals surface area contributed by atoms with E-state index in [1.54, 1.807) is 24.2 Å². The number of guanidine groups is 1. The minimum absolute atomic E-state index is 0. The van der Waals surface area contributed by atoms with Gasteiger partial charge in [0.2, 0.25) is 0 Å². The zero-order chi connectivity index (χ0) is 11.4. The van der Waals surface area contributed by atoms with Crippen LogP contribution in [0, 0.1) is 0 Å². The molecule has 1 atom stereocenters. The van der Waals surface area contributed by atoms with Gasteiger partial charge in [-0.1, -0.05) is 0 Å². The van der Waals surface area contributed by atoms with Gasteiger partial charge in [-0.15, -0.1) is 0 Å². The molecule has 1 aliphatic heterocycles. The first-order chi connectivity index (χ1) is 7.06. The summed E-state index contributed by atoms with van der Waals surface area (Å²) in [4.78, 5) is 17.3. The number of carbonyl (C=O) groups excluding carboxylic acids is 1. The number of hydrogen-bond acceptors (Lipinski definition) is 5. The molecule has 0 fully saturated rings. The summed E-state index contributed by atoms with van der Waals surface area (Å²) in [5, 5.41) is 3.16. The Labute approximate surface area is 95.3 Å². The van der Waals surface area contributed by atoms with Crippen molar-refractivity contribution in [3.8, 4) is 0 Å². The zero-order valence-corrected chi connectivity index (χ0v) is 10.0. The summed E-state index contributed by atoms with van der Waals surface area (Å²) in [7, 11) is 3.19. The molecule has 0 bridgehead atoms. The molecule has 0 aromatic carbocycles. The Morgan fingerprint density at radius 1 is 1.62 bits per heavy atom. The molecule has 0 saturated carbocycles. The van der Waals surface area contributed by atoms with Crippen molar-refractivity contribution in [2.45, 2.75) is 25.9 Å². The van der Waals surface area contributed by atoms with Crippen molar-refractivity contribution in [1.82, 2.24) is 10.2 Å². The summed E-state index contributed by atoms with van der Waals surface area (Å²) in [5.74, 6) is 0.398. The van der Waals surface area contributed by atoms with Gasteiger partial charge in [-0.25, -0.2) is 9.79 Å². The quantitative estimate of drug-likeness (QED) is 0.648. The Hall–Kier alpha value is -1.56. The first-order valence-corrected chi connectivity index (χ1v) is 4.88. The van der Waals surface area contributed by atoms with Gasteiger partial charge in [-0.3, -0.25) is 0 Å². The molecule has 6 heteroatoms. The van der Waals surface area contributed by atoms with E-state index in [-0.39, 0.29) is 17.5 Å². The summed E-state index contributed by atoms with van der Waals surface area (Å²) in [6.07, 6.45) is 3.32. The highest BCUT2D eigenvalue weighted by molar-refractivity contribution is 5.89. The van der Waals surface area contributed by atoms with Crippen LogP contribution in [0.4, 0.5) is 0 Å². The number of rotatable bonds is 2. The van der Waals surface area contributed by atoms with Crippen LogP contribution in [-0.2, 0) is 9.53 Å². The van der Waals surface area contributed by atoms with Crippen LogP contribution in [0.3, 0.4) is 0 Å². The molecule has 6 nitrogen and oxygen atoms in total. The molecule has 0 saturated heterocycles. The third-order valence-corrected chi connectivity index (χ3v) is 2.08. The molecule has 16 heavy (non-hydrogen) atoms. The van der Waals surface area contributed by atoms with Crippen molar-refractivity contribution in [3.63, 3.8) is 0 Å². The molecule has 1 aliphatic rings. The Morgan fingerprint density at radius 2 is 2.25 bits per heavy atom. The number of likely N-dealkylation sites (N-methyl/N-ethyl adjacent to an activating group) is 1. The van der Waals surface area contributed by atoms with Crippen molar-refractivity contribution >= 4 is 11.9 Å². The predicted octanol–water partition coefficient (Wildman–Crippen LogP) is -0.484. The lowest BCUT2D eigenvalue weighted by atomic mass is 10.2. The van der Waals surface area contributed by atoms with Crippen LogP contribution in [0.2, 0.25) is 0 Å². The van der Waals surface area contributed by atoms with E-state index in [1.807, 2.05) is 13.8 Å². The van der Waals surface area contributed by atoms with Gasteiger partial charge in [0.15, 0.2) is 5.96 Å². The monoisotopic (exact) mass is 229 g/mol. The number of ether oxygens (including phenoxy) is 1. The van der Waals surface area contributed by atoms with Gasteiger partial charge in [0.05, 0.1) is 7.11 Å². The minimum Gasteiger partial charge on any atom is -0.467 e. The standard InChI is InChI=1S/C10H17N3O2.H2O/c1-7(2)12-10-11-6-5-8(13(10)3)9(14)15-4;/h5-8H,1-4H3,(H,11,12);1H2. The summed E-state index contributed by atoms with van der Waals surface area (Å²) in [5.41, 5.74) is 0. The average molecular weight is 229 g/mol. The lowest BCUT2D eigenvalue weighted by molar-refractivity contribution is -0.143. The van der Waals surface area contributed by atoms with Crippen LogP contribution in [0.5, 0.6) is 0 Å². The summed E-state index contributed by atoms with van der Waals surface area (Å²) in [6, 6.07) is -0.121. The molecule has 0 amide bonds. The van der Waals surface area contributed by atoms with Gasteiger partial charge in [0.1, 0.15) is 6.04 Å². The van der Waals surface area contributed by atoms with E-state index in [4.69, 9.17) is 4.74 Å². The van der Waals surface area contributed by atoms with Crippen molar-refractivity contribution in [3.05, 3.63) is 12.3 Å². The van der Waals surface area contributed by atoms with Crippen LogP contribution in [0.25, 0.3) is 0 Å². The number of aliphatic imine (C=N–C) groups is 1. The SMILES string of the molecule is COC(=O)C1C=CN=C(NC(C)C)N1C.O. The summed E-state index contributed by atoms with van der Waals surface area (Å²) in [6.45, 7) is 4.03. The average Bonchev–Trinajstić information content (AvgIpc) is 2.19. The molecule has 0 aromatic rings. The number of methoxy groups -OCH3 is 1. The van der Waals surface area contributed by atoms with E-state index in [2.05, 4.69) is 10.3 Å². The lowest BCUT2D eigenvalue weighted by Crippen LogP contribution is -2.50. The fourth-order valence-electron chi connectivity index (χ4n) is 1.30. The highest BCUT2D eigenvalue weighted by Crippen LogP contribution is 2.07. The van der Waals surface area contributed by atoms with Crippen LogP contribution in [0.15, 0.2) is 17.3 Å². The van der Waals surface area contributed by atoms with Gasteiger partial charge >= 0.3 is 5.97 Å². The second-order valence-corrected chi connectivity index (χ2v) is 3.67. The normalized spacial score (nSPS) is 18.9. The first-order valence-electron chi connectivity index (χ1n) is 4.88. The highest BCUT2D eigenvalue weighted by Gasteiger charge is 2.26. The maximum absolute atomic E-state index is 11.4. The van der Waals surface area contributed by atoms with E-state index >= 15 is 0 Å². The molecule has 0 radical (unpaired) electrons. The largest absolute Gasteiger partial charge is 0.467 e. The second kappa shape index (κ2) is 6.12. The maximum atomic E-state index is 11.4. The third-order valence-electron chi connectivity index (χ3n) is 2.08. The second-order valence-electron chi connectivity index (χ2n) is 3.67. The van der Waals surface area contributed by atoms with Gasteiger partial charge in [0, 0.05) is 19.3 Å². The van der Waals surface area contributed by atoms with Crippen LogP contribution in [-0.4, -0.2) is 48.5 Å². The molecule has 0 aliphatic carbocycles. The third kappa shape index (κ3) is 3.23. The predicted molar refractivity (Wildman–Crippen MR) is 62.0 cm³/mol. The van der Waals surface area contributed by atoms with Gasteiger partial charge in [0.25, 0.3) is 0 Å². The minimum atomic E-state index is -0.395. The molecule has 3 N–H and O–H groups in total. The molecule has 92 valence electrons. The maximum Gasteiger partial charge on any atom is 0.332 e. The Bertz CT molecular complexity index is 300. The van der Waals surface area contributed by atoms with E-state index in [9.17, 15) is 4.79 Å². The van der Waals surface area contributed by atoms with Crippen LogP contribution >= 0.6 is 0 Å². The summed E-state index contributed by atoms with van der Waals surface area (Å²) < 4.78 is 4.70. The smallest absolute Gasteiger partial charge is 0.332 e. The van der Waals surface area contributed by atoms with Crippen molar-refractivity contribution in [2.75, 3.05) is 14.2 Å². The Balaban J connectivity index is 0.00000225. The number of hydrogen-bond donors (Lipinski definition) is 1. The molecular formula is C10H19N3O3. The van der Waals surface area contributed by atoms with Crippen molar-refractivity contribution in [1.29, 1.82) is 0 Å². The fraction of sp³-hybridized carbons (Fsp3) is 0.600. The number of carbonyl (C=O) groups is 1. The first kappa shape index (κ1) is 14.4. The van der Waals surface area contributed by atoms with E-state index < -0.39 is 6.04 Å². The molecule has 0 aromatic heterocycles. The van der Waals surface area contributed by atoms with E-state index in [0.29, 0.717) is 5.96 Å². The topological polar surface area (TPSA) is 85.4 Å². The molecule has 1 unspecified atom stereocenters. The summed E-state index contributed by atoms with van der Waals surface area (Å²) >= 11 is 0. The Morgan fingerprint density at radius 3 is 2.75 bits per heavy atom. The number of nitrogens with zero attached hydrogens (tertiary/aromatic N) is 2. The highest BCUT2D eigenvalue weighted by atomic mass is 16.5. The van der Waals surface area contributed by atoms with Gasteiger partial charge in [-0.05, 0) is 19.9 Å². The number of esters is 1. The number of nitrogens with one attached hydrogen (secondary N) is 1. The van der Waals surface area contributed by atoms with Crippen LogP contribution in [0.1, 0.15) is 13.8 Å². The van der Waals surface area contributed by atoms with E-state index in [0.717, 1.165) is 0 Å². The van der Waals surface area contributed by atoms with Gasteiger partial charge in [-0.2, -0.15) is 0 Å². The van der Waals surface area contributed by atoms with Gasteiger partial charge < -0.3 is 20.4 Å². The van der Waals surface area contributed by atoms with Crippen molar-refractivity contribution < 1.29 is 15.0 Å². The van der Waals surface area contributed by atoms with Crippen molar-refractivity contribution in [2.24, 2.45) is 4.99 Å². The molecule has 0 spiro atoms. The Kier molecular flexibility index (Phi) is 5.52. The zero-order valence-electron chi connectivity index (χ0n) is 10.0. The van der Waals surface area contributed by atoms with Crippen LogP contribution < -0.4 is 5.32 Å². The van der Waals surface area contributed by atoms with E-state index in [1.165, 1.54) is 7.11 Å². The molecule has 1 heterocycles. The lowest BCUT2D eigenvalue weighted by Gasteiger charge is -2.30. The molecule has 1 rings (SSSR count). The molecular weight excluding hydrogens is 210 g/mol.